The Balaban J connectivity index is 1.56. The highest BCUT2D eigenvalue weighted by Crippen LogP contribution is 2.32. The van der Waals surface area contributed by atoms with E-state index >= 15 is 0 Å². The first kappa shape index (κ1) is 18.6. The zero-order chi connectivity index (χ0) is 21.5. The molecule has 5 rings (SSSR count). The van der Waals surface area contributed by atoms with Gasteiger partial charge < -0.3 is 19.7 Å². The second-order valence-corrected chi connectivity index (χ2v) is 6.98. The van der Waals surface area contributed by atoms with Crippen LogP contribution in [-0.2, 0) is 20.0 Å². The van der Waals surface area contributed by atoms with E-state index < -0.39 is 0 Å². The van der Waals surface area contributed by atoms with Crippen molar-refractivity contribution < 1.29 is 9.13 Å². The van der Waals surface area contributed by atoms with Crippen LogP contribution in [0.1, 0.15) is 11.1 Å². The topological polar surface area (TPSA) is 78.0 Å². The highest BCUT2D eigenvalue weighted by molar-refractivity contribution is 5.79. The molecule has 0 radical (unpaired) electrons. The molecule has 0 spiro atoms. The Morgan fingerprint density at radius 1 is 1.26 bits per heavy atom. The minimum atomic E-state index is -0.307. The molecule has 0 atom stereocenters. The lowest BCUT2D eigenvalue weighted by molar-refractivity contribution is 0.356. The molecule has 0 aliphatic carbocycles. The van der Waals surface area contributed by atoms with E-state index in [4.69, 9.17) is 17.9 Å². The van der Waals surface area contributed by atoms with E-state index in [0.29, 0.717) is 47.2 Å². The normalized spacial score (nSPS) is 12.3. The molecule has 4 aromatic rings. The number of aromatic nitrogens is 5. The van der Waals surface area contributed by atoms with Gasteiger partial charge in [-0.15, -0.1) is 0 Å². The summed E-state index contributed by atoms with van der Waals surface area (Å²) >= 11 is 0. The van der Waals surface area contributed by atoms with Crippen LogP contribution in [-0.4, -0.2) is 30.8 Å². The van der Waals surface area contributed by atoms with E-state index in [9.17, 15) is 4.39 Å². The fraction of sp³-hybridized carbons (Fsp3) is 0.190. The predicted molar refractivity (Wildman–Crippen MR) is 111 cm³/mol. The summed E-state index contributed by atoms with van der Waals surface area (Å²) in [5.74, 6) is 1.27. The van der Waals surface area contributed by atoms with Gasteiger partial charge in [-0.05, 0) is 23.3 Å². The van der Waals surface area contributed by atoms with Gasteiger partial charge in [0.05, 0.1) is 24.9 Å². The minimum absolute atomic E-state index is 0.199. The van der Waals surface area contributed by atoms with Crippen molar-refractivity contribution in [3.8, 4) is 17.0 Å². The van der Waals surface area contributed by atoms with Crippen molar-refractivity contribution in [2.24, 2.45) is 7.05 Å². The smallest absolute Gasteiger partial charge is 0.296 e. The first-order valence-electron chi connectivity index (χ1n) is 9.43. The molecular formula is C21H15FN8O. The van der Waals surface area contributed by atoms with E-state index in [1.165, 1.54) is 6.07 Å². The number of nitrogens with zero attached hydrogens (tertiary/aromatic N) is 7. The molecule has 1 aliphatic rings. The molecule has 0 amide bonds. The Hall–Kier alpha value is -4.44. The molecule has 4 heterocycles. The minimum Gasteiger partial charge on any atom is -0.493 e. The number of imidazole rings is 1. The summed E-state index contributed by atoms with van der Waals surface area (Å²) < 4.78 is 23.2. The van der Waals surface area contributed by atoms with Gasteiger partial charge in [0.1, 0.15) is 11.6 Å². The van der Waals surface area contributed by atoms with Gasteiger partial charge in [0.25, 0.3) is 11.6 Å². The third-order valence-corrected chi connectivity index (χ3v) is 5.21. The molecule has 3 aromatic heterocycles. The van der Waals surface area contributed by atoms with Gasteiger partial charge in [-0.2, -0.15) is 4.68 Å². The number of hydrogen-bond donors (Lipinski definition) is 1. The van der Waals surface area contributed by atoms with Crippen LogP contribution in [0.3, 0.4) is 0 Å². The molecule has 1 aromatic carbocycles. The van der Waals surface area contributed by atoms with Crippen LogP contribution in [0.5, 0.6) is 5.75 Å². The maximum Gasteiger partial charge on any atom is 0.296 e. The molecule has 0 bridgehead atoms. The summed E-state index contributed by atoms with van der Waals surface area (Å²) in [6.45, 7) is 15.3. The van der Waals surface area contributed by atoms with Crippen molar-refractivity contribution in [2.45, 2.75) is 13.0 Å². The third-order valence-electron chi connectivity index (χ3n) is 5.21. The number of fused-ring (bicyclic) bond motifs is 2. The average Bonchev–Trinajstić information content (AvgIpc) is 3.50. The number of hydrogen-bond acceptors (Lipinski definition) is 5. The summed E-state index contributed by atoms with van der Waals surface area (Å²) in [6.07, 6.45) is 3.84. The van der Waals surface area contributed by atoms with Gasteiger partial charge in [-0.25, -0.2) is 9.37 Å². The van der Waals surface area contributed by atoms with E-state index in [2.05, 4.69) is 30.1 Å². The van der Waals surface area contributed by atoms with Crippen LogP contribution in [0.25, 0.3) is 26.6 Å². The predicted octanol–water partition coefficient (Wildman–Crippen LogP) is 3.92. The summed E-state index contributed by atoms with van der Waals surface area (Å²) in [5, 5.41) is 7.31. The highest BCUT2D eigenvalue weighted by atomic mass is 19.1. The number of aryl methyl sites for hydroxylation is 1. The monoisotopic (exact) mass is 414 g/mol. The zero-order valence-electron chi connectivity index (χ0n) is 16.4. The number of nitrogens with one attached hydrogen (secondary N) is 1. The van der Waals surface area contributed by atoms with Crippen molar-refractivity contribution in [3.05, 3.63) is 70.4 Å². The number of anilines is 1. The number of benzene rings is 1. The molecule has 1 aliphatic heterocycles. The van der Waals surface area contributed by atoms with E-state index in [1.54, 1.807) is 40.7 Å². The standard InChI is InChI=1S/C21H15FN8O/c1-23-18-8-16(29(3)28-18)14-10-26-21(30-11-19(24-2)27-20(14)30)25-9-13-12-6-7-31-17(12)5-4-15(13)22/h4-5,8,10-11H,6-7,9H2,3H3,(H,25,26). The molecule has 10 heteroatoms. The van der Waals surface area contributed by atoms with Crippen LogP contribution < -0.4 is 10.1 Å². The van der Waals surface area contributed by atoms with Gasteiger partial charge in [0, 0.05) is 36.5 Å². The lowest BCUT2D eigenvalue weighted by Crippen LogP contribution is -2.10. The molecule has 0 unspecified atom stereocenters. The van der Waals surface area contributed by atoms with Gasteiger partial charge >= 0.3 is 0 Å². The molecular weight excluding hydrogens is 399 g/mol. The van der Waals surface area contributed by atoms with Crippen molar-refractivity contribution in [3.63, 3.8) is 0 Å². The van der Waals surface area contributed by atoms with Crippen LogP contribution >= 0.6 is 0 Å². The Kier molecular flexibility index (Phi) is 4.26. The third kappa shape index (κ3) is 3.02. The van der Waals surface area contributed by atoms with Crippen LogP contribution in [0.2, 0.25) is 0 Å². The van der Waals surface area contributed by atoms with Gasteiger partial charge in [0.15, 0.2) is 0 Å². The van der Waals surface area contributed by atoms with E-state index in [0.717, 1.165) is 5.56 Å². The Morgan fingerprint density at radius 3 is 2.87 bits per heavy atom. The quantitative estimate of drug-likeness (QED) is 0.512. The fourth-order valence-corrected chi connectivity index (χ4v) is 3.76. The van der Waals surface area contributed by atoms with Crippen LogP contribution in [0.15, 0.2) is 30.6 Å². The number of ether oxygens (including phenoxy) is 1. The Labute approximate surface area is 176 Å². The van der Waals surface area contributed by atoms with Gasteiger partial charge in [-0.1, -0.05) is 18.1 Å². The second kappa shape index (κ2) is 7.11. The lowest BCUT2D eigenvalue weighted by atomic mass is 10.0. The molecule has 9 nitrogen and oxygen atoms in total. The van der Waals surface area contributed by atoms with Crippen molar-refractivity contribution in [1.82, 2.24) is 24.1 Å². The molecule has 0 saturated carbocycles. The summed E-state index contributed by atoms with van der Waals surface area (Å²) in [4.78, 5) is 15.7. The molecule has 152 valence electrons. The van der Waals surface area contributed by atoms with Gasteiger partial charge in [-0.3, -0.25) is 4.40 Å². The maximum absolute atomic E-state index is 14.5. The van der Waals surface area contributed by atoms with Crippen molar-refractivity contribution in [2.75, 3.05) is 11.9 Å². The first-order valence-corrected chi connectivity index (χ1v) is 9.43. The molecule has 0 fully saturated rings. The number of halogens is 1. The Bertz CT molecular complexity index is 1420. The maximum atomic E-state index is 14.5. The summed E-state index contributed by atoms with van der Waals surface area (Å²) in [6, 6.07) is 4.69. The SMILES string of the molecule is [C-]#[N+]c1cn2c(NCc3c(F)ccc4c3CCO4)ncc(-c3cc([N+]#[C-])nn3C)c2n1. The highest BCUT2D eigenvalue weighted by Gasteiger charge is 2.22. The van der Waals surface area contributed by atoms with E-state index in [1.807, 2.05) is 0 Å². The van der Waals surface area contributed by atoms with E-state index in [-0.39, 0.29) is 24.0 Å². The van der Waals surface area contributed by atoms with Crippen molar-refractivity contribution in [1.29, 1.82) is 0 Å². The zero-order valence-corrected chi connectivity index (χ0v) is 16.4. The van der Waals surface area contributed by atoms with Crippen LogP contribution in [0, 0.1) is 19.0 Å². The van der Waals surface area contributed by atoms with Gasteiger partial charge in [0.2, 0.25) is 11.6 Å². The average molecular weight is 414 g/mol. The molecule has 31 heavy (non-hydrogen) atoms. The van der Waals surface area contributed by atoms with Crippen molar-refractivity contribution >= 4 is 23.2 Å². The first-order chi connectivity index (χ1) is 15.1. The lowest BCUT2D eigenvalue weighted by Gasteiger charge is -2.12. The number of rotatable bonds is 4. The second-order valence-electron chi connectivity index (χ2n) is 6.98. The summed E-state index contributed by atoms with van der Waals surface area (Å²) in [5.41, 5.74) is 3.17. The summed E-state index contributed by atoms with van der Waals surface area (Å²) in [7, 11) is 1.73. The molecule has 0 saturated heterocycles. The fourth-order valence-electron chi connectivity index (χ4n) is 3.76. The molecule has 1 N–H and O–H groups in total. The Morgan fingerprint density at radius 2 is 2.10 bits per heavy atom. The van der Waals surface area contributed by atoms with Crippen LogP contribution in [0.4, 0.5) is 22.0 Å². The largest absolute Gasteiger partial charge is 0.493 e.